The molecular weight excluding hydrogens is 278 g/mol. The Bertz CT molecular complexity index is 605. The number of hydrogen-bond donors (Lipinski definition) is 1. The van der Waals surface area contributed by atoms with Gasteiger partial charge in [-0.3, -0.25) is 4.79 Å². The molecule has 0 aliphatic carbocycles. The number of carbonyl (C=O) groups is 1. The molecule has 4 nitrogen and oxygen atoms in total. The van der Waals surface area contributed by atoms with Crippen molar-refractivity contribution in [3.8, 4) is 6.07 Å². The second-order valence-corrected chi connectivity index (χ2v) is 6.22. The number of hydrogen-bond acceptors (Lipinski definition) is 5. The van der Waals surface area contributed by atoms with Crippen LogP contribution in [-0.2, 0) is 4.79 Å². The van der Waals surface area contributed by atoms with Gasteiger partial charge in [0.25, 0.3) is 0 Å². The highest BCUT2D eigenvalue weighted by Crippen LogP contribution is 2.25. The van der Waals surface area contributed by atoms with Gasteiger partial charge in [0.05, 0.1) is 16.9 Å². The molecule has 1 amide bonds. The van der Waals surface area contributed by atoms with Crippen molar-refractivity contribution in [2.24, 2.45) is 0 Å². The van der Waals surface area contributed by atoms with Crippen molar-refractivity contribution in [1.82, 2.24) is 4.98 Å². The molecule has 1 aromatic heterocycles. The van der Waals surface area contributed by atoms with Gasteiger partial charge in [0, 0.05) is 17.3 Å². The lowest BCUT2D eigenvalue weighted by Gasteiger charge is -2.10. The number of thioether (sulfide) groups is 1. The molecular formula is C13H11N3OS2. The van der Waals surface area contributed by atoms with Gasteiger partial charge in [-0.05, 0) is 25.1 Å². The average Bonchev–Trinajstić information content (AvgIpc) is 2.91. The van der Waals surface area contributed by atoms with Crippen LogP contribution in [0.5, 0.6) is 0 Å². The maximum absolute atomic E-state index is 12.0. The molecule has 0 aliphatic rings. The number of carbonyl (C=O) groups excluding carboxylic acids is 1. The number of amides is 1. The van der Waals surface area contributed by atoms with Crippen LogP contribution in [0.25, 0.3) is 0 Å². The van der Waals surface area contributed by atoms with Crippen molar-refractivity contribution in [3.63, 3.8) is 0 Å². The lowest BCUT2D eigenvalue weighted by molar-refractivity contribution is -0.115. The first-order valence-corrected chi connectivity index (χ1v) is 7.32. The minimum Gasteiger partial charge on any atom is -0.325 e. The first-order valence-electron chi connectivity index (χ1n) is 5.56. The van der Waals surface area contributed by atoms with E-state index in [0.29, 0.717) is 11.3 Å². The predicted molar refractivity (Wildman–Crippen MR) is 77.2 cm³/mol. The Labute approximate surface area is 119 Å². The van der Waals surface area contributed by atoms with Crippen LogP contribution >= 0.6 is 23.1 Å². The van der Waals surface area contributed by atoms with Crippen molar-refractivity contribution < 1.29 is 4.79 Å². The largest absolute Gasteiger partial charge is 0.325 e. The molecule has 0 spiro atoms. The van der Waals surface area contributed by atoms with Crippen molar-refractivity contribution in [2.75, 3.05) is 5.32 Å². The van der Waals surface area contributed by atoms with E-state index < -0.39 is 0 Å². The standard InChI is InChI=1S/C13H11N3OS2/c1-9(19-13-15-5-6-18-13)12(17)16-11-4-2-3-10(7-11)8-14/h2-7,9H,1H3,(H,16,17)/t9-/m0/s1. The molecule has 0 fully saturated rings. The number of nitriles is 1. The molecule has 0 bridgehead atoms. The lowest BCUT2D eigenvalue weighted by Crippen LogP contribution is -2.22. The molecule has 1 atom stereocenters. The van der Waals surface area contributed by atoms with Crippen LogP contribution in [0.4, 0.5) is 5.69 Å². The summed E-state index contributed by atoms with van der Waals surface area (Å²) in [5, 5.41) is 13.2. The molecule has 1 N–H and O–H groups in total. The molecule has 19 heavy (non-hydrogen) atoms. The van der Waals surface area contributed by atoms with Crippen molar-refractivity contribution in [1.29, 1.82) is 5.26 Å². The van der Waals surface area contributed by atoms with Crippen LogP contribution in [0, 0.1) is 11.3 Å². The lowest BCUT2D eigenvalue weighted by atomic mass is 10.2. The van der Waals surface area contributed by atoms with Gasteiger partial charge >= 0.3 is 0 Å². The predicted octanol–water partition coefficient (Wildman–Crippen LogP) is 3.13. The van der Waals surface area contributed by atoms with Crippen LogP contribution in [0.15, 0.2) is 40.2 Å². The highest BCUT2D eigenvalue weighted by molar-refractivity contribution is 8.02. The number of thiazole rings is 1. The second-order valence-electron chi connectivity index (χ2n) is 3.74. The number of rotatable bonds is 4. The Kier molecular flexibility index (Phi) is 4.55. The normalized spacial score (nSPS) is 11.6. The van der Waals surface area contributed by atoms with Crippen LogP contribution in [0.2, 0.25) is 0 Å². The van der Waals surface area contributed by atoms with E-state index in [2.05, 4.69) is 10.3 Å². The van der Waals surface area contributed by atoms with E-state index in [1.54, 1.807) is 30.5 Å². The van der Waals surface area contributed by atoms with Gasteiger partial charge in [0.2, 0.25) is 5.91 Å². The molecule has 0 radical (unpaired) electrons. The Morgan fingerprint density at radius 2 is 2.42 bits per heavy atom. The van der Waals surface area contributed by atoms with E-state index in [1.807, 2.05) is 18.4 Å². The molecule has 2 rings (SSSR count). The van der Waals surface area contributed by atoms with Gasteiger partial charge in [-0.25, -0.2) is 4.98 Å². The summed E-state index contributed by atoms with van der Waals surface area (Å²) in [5.74, 6) is -0.102. The van der Waals surface area contributed by atoms with Crippen LogP contribution < -0.4 is 5.32 Å². The fraction of sp³-hybridized carbons (Fsp3) is 0.154. The molecule has 0 aliphatic heterocycles. The van der Waals surface area contributed by atoms with Gasteiger partial charge in [-0.15, -0.1) is 11.3 Å². The maximum Gasteiger partial charge on any atom is 0.237 e. The summed E-state index contributed by atoms with van der Waals surface area (Å²) in [7, 11) is 0. The zero-order valence-corrected chi connectivity index (χ0v) is 11.8. The summed E-state index contributed by atoms with van der Waals surface area (Å²) < 4.78 is 0.869. The summed E-state index contributed by atoms with van der Waals surface area (Å²) in [6.45, 7) is 1.83. The van der Waals surface area contributed by atoms with E-state index in [-0.39, 0.29) is 11.2 Å². The Morgan fingerprint density at radius 1 is 1.58 bits per heavy atom. The maximum atomic E-state index is 12.0. The van der Waals surface area contributed by atoms with Crippen LogP contribution in [-0.4, -0.2) is 16.1 Å². The number of benzene rings is 1. The molecule has 0 saturated carbocycles. The molecule has 0 saturated heterocycles. The number of nitrogens with one attached hydrogen (secondary N) is 1. The summed E-state index contributed by atoms with van der Waals surface area (Å²) in [6.07, 6.45) is 1.72. The van der Waals surface area contributed by atoms with E-state index in [1.165, 1.54) is 23.1 Å². The third-order valence-corrected chi connectivity index (χ3v) is 4.33. The van der Waals surface area contributed by atoms with Gasteiger partial charge < -0.3 is 5.32 Å². The SMILES string of the molecule is C[C@H](Sc1nccs1)C(=O)Nc1cccc(C#N)c1. The van der Waals surface area contributed by atoms with Gasteiger partial charge in [-0.1, -0.05) is 17.8 Å². The highest BCUT2D eigenvalue weighted by Gasteiger charge is 2.15. The smallest absolute Gasteiger partial charge is 0.237 e. The molecule has 2 aromatic rings. The molecule has 1 aromatic carbocycles. The molecule has 0 unspecified atom stereocenters. The van der Waals surface area contributed by atoms with Gasteiger partial charge in [-0.2, -0.15) is 5.26 Å². The fourth-order valence-corrected chi connectivity index (χ4v) is 3.16. The summed E-state index contributed by atoms with van der Waals surface area (Å²) in [5.41, 5.74) is 1.16. The van der Waals surface area contributed by atoms with E-state index in [9.17, 15) is 4.79 Å². The van der Waals surface area contributed by atoms with Gasteiger partial charge in [0.15, 0.2) is 4.34 Å². The van der Waals surface area contributed by atoms with E-state index >= 15 is 0 Å². The Morgan fingerprint density at radius 3 is 3.11 bits per heavy atom. The van der Waals surface area contributed by atoms with E-state index in [0.717, 1.165) is 4.34 Å². The Balaban J connectivity index is 1.98. The zero-order valence-electron chi connectivity index (χ0n) is 10.2. The monoisotopic (exact) mass is 289 g/mol. The third kappa shape index (κ3) is 3.81. The first kappa shape index (κ1) is 13.6. The van der Waals surface area contributed by atoms with Crippen molar-refractivity contribution in [2.45, 2.75) is 16.5 Å². The topological polar surface area (TPSA) is 65.8 Å². The van der Waals surface area contributed by atoms with E-state index in [4.69, 9.17) is 5.26 Å². The van der Waals surface area contributed by atoms with Gasteiger partial charge in [0.1, 0.15) is 0 Å². The fourth-order valence-electron chi connectivity index (χ4n) is 1.38. The molecule has 1 heterocycles. The van der Waals surface area contributed by atoms with Crippen LogP contribution in [0.1, 0.15) is 12.5 Å². The summed E-state index contributed by atoms with van der Waals surface area (Å²) in [6, 6.07) is 8.90. The van der Waals surface area contributed by atoms with Crippen molar-refractivity contribution in [3.05, 3.63) is 41.4 Å². The molecule has 96 valence electrons. The second kappa shape index (κ2) is 6.36. The molecule has 6 heteroatoms. The highest BCUT2D eigenvalue weighted by atomic mass is 32.2. The summed E-state index contributed by atoms with van der Waals surface area (Å²) in [4.78, 5) is 16.1. The quantitative estimate of drug-likeness (QED) is 0.878. The zero-order chi connectivity index (χ0) is 13.7. The Hall–Kier alpha value is -1.84. The number of aromatic nitrogens is 1. The summed E-state index contributed by atoms with van der Waals surface area (Å²) >= 11 is 2.93. The number of anilines is 1. The first-order chi connectivity index (χ1) is 9.19. The minimum absolute atomic E-state index is 0.102. The van der Waals surface area contributed by atoms with Crippen LogP contribution in [0.3, 0.4) is 0 Å². The third-order valence-electron chi connectivity index (χ3n) is 2.32. The van der Waals surface area contributed by atoms with Crippen molar-refractivity contribution >= 4 is 34.7 Å². The average molecular weight is 289 g/mol. The number of nitrogens with zero attached hydrogens (tertiary/aromatic N) is 2. The minimum atomic E-state index is -0.239.